The van der Waals surface area contributed by atoms with E-state index in [9.17, 15) is 5.11 Å². The van der Waals surface area contributed by atoms with Gasteiger partial charge in [-0.05, 0) is 0 Å². The Morgan fingerprint density at radius 2 is 1.67 bits per heavy atom. The van der Waals surface area contributed by atoms with Crippen LogP contribution in [0.1, 0.15) is 0 Å². The molecule has 6 heteroatoms. The van der Waals surface area contributed by atoms with Crippen LogP contribution >= 0.6 is 0 Å². The van der Waals surface area contributed by atoms with E-state index in [1.165, 1.54) is 21.3 Å². The van der Waals surface area contributed by atoms with Gasteiger partial charge in [0.1, 0.15) is 24.4 Å². The van der Waals surface area contributed by atoms with Crippen LogP contribution in [0.2, 0.25) is 0 Å². The molecule has 1 rings (SSSR count). The van der Waals surface area contributed by atoms with Crippen LogP contribution in [0.4, 0.5) is 0 Å². The fourth-order valence-electron chi connectivity index (χ4n) is 1.75. The Bertz CT molecular complexity index is 187. The lowest BCUT2D eigenvalue weighted by molar-refractivity contribution is -0.303. The number of hydrogen-bond donors (Lipinski definition) is 2. The Kier molecular flexibility index (Phi) is 4.91. The predicted molar refractivity (Wildman–Crippen MR) is 50.4 cm³/mol. The van der Waals surface area contributed by atoms with Gasteiger partial charge in [0, 0.05) is 21.3 Å². The molecule has 1 aliphatic rings. The summed E-state index contributed by atoms with van der Waals surface area (Å²) >= 11 is 0. The molecular formula is C9H18O6. The predicted octanol–water partition coefficient (Wildman–Crippen LogP) is -1.26. The summed E-state index contributed by atoms with van der Waals surface area (Å²) in [5.74, 6) is 0. The van der Waals surface area contributed by atoms with Crippen molar-refractivity contribution < 1.29 is 29.2 Å². The molecule has 0 aromatic rings. The molecule has 0 amide bonds. The van der Waals surface area contributed by atoms with Crippen molar-refractivity contribution in [1.82, 2.24) is 0 Å². The SMILES string of the molecule is CO[C@@H]1O[C@H](CO)[C@H](O)[C@H](OC)[C@H]1OC. The fourth-order valence-corrected chi connectivity index (χ4v) is 1.75. The molecule has 1 heterocycles. The zero-order valence-corrected chi connectivity index (χ0v) is 9.12. The van der Waals surface area contributed by atoms with E-state index in [0.29, 0.717) is 0 Å². The largest absolute Gasteiger partial charge is 0.394 e. The van der Waals surface area contributed by atoms with Gasteiger partial charge < -0.3 is 29.2 Å². The van der Waals surface area contributed by atoms with Crippen LogP contribution in [0.3, 0.4) is 0 Å². The molecule has 0 radical (unpaired) electrons. The fraction of sp³-hybridized carbons (Fsp3) is 1.00. The standard InChI is InChI=1S/C9H18O6/c1-12-7-6(11)5(4-10)15-9(14-3)8(7)13-2/h5-11H,4H2,1-3H3/t5-,6+,7+,8-,9-/m1/s1. The van der Waals surface area contributed by atoms with Gasteiger partial charge in [-0.1, -0.05) is 0 Å². The molecular weight excluding hydrogens is 204 g/mol. The van der Waals surface area contributed by atoms with E-state index in [0.717, 1.165) is 0 Å². The molecule has 0 saturated carbocycles. The quantitative estimate of drug-likeness (QED) is 0.618. The van der Waals surface area contributed by atoms with Crippen LogP contribution in [-0.4, -0.2) is 68.9 Å². The van der Waals surface area contributed by atoms with E-state index < -0.39 is 30.7 Å². The summed E-state index contributed by atoms with van der Waals surface area (Å²) in [5.41, 5.74) is 0. The van der Waals surface area contributed by atoms with Gasteiger partial charge in [-0.15, -0.1) is 0 Å². The summed E-state index contributed by atoms with van der Waals surface area (Å²) in [7, 11) is 4.42. The Labute approximate surface area is 88.7 Å². The van der Waals surface area contributed by atoms with Gasteiger partial charge in [-0.25, -0.2) is 0 Å². The van der Waals surface area contributed by atoms with E-state index in [2.05, 4.69) is 0 Å². The number of hydrogen-bond acceptors (Lipinski definition) is 6. The van der Waals surface area contributed by atoms with E-state index in [4.69, 9.17) is 24.1 Å². The van der Waals surface area contributed by atoms with E-state index in [1.807, 2.05) is 0 Å². The molecule has 15 heavy (non-hydrogen) atoms. The first-order valence-corrected chi connectivity index (χ1v) is 4.72. The molecule has 90 valence electrons. The maximum atomic E-state index is 9.80. The Hall–Kier alpha value is -0.240. The second-order valence-corrected chi connectivity index (χ2v) is 3.35. The van der Waals surface area contributed by atoms with Crippen LogP contribution < -0.4 is 0 Å². The van der Waals surface area contributed by atoms with Gasteiger partial charge in [-0.3, -0.25) is 0 Å². The smallest absolute Gasteiger partial charge is 0.186 e. The molecule has 1 saturated heterocycles. The molecule has 2 N–H and O–H groups in total. The second kappa shape index (κ2) is 5.74. The van der Waals surface area contributed by atoms with Crippen LogP contribution in [0.15, 0.2) is 0 Å². The van der Waals surface area contributed by atoms with Crippen LogP contribution in [0.25, 0.3) is 0 Å². The monoisotopic (exact) mass is 222 g/mol. The van der Waals surface area contributed by atoms with Gasteiger partial charge >= 0.3 is 0 Å². The first-order valence-electron chi connectivity index (χ1n) is 4.72. The minimum Gasteiger partial charge on any atom is -0.394 e. The lowest BCUT2D eigenvalue weighted by Gasteiger charge is -2.42. The summed E-state index contributed by atoms with van der Waals surface area (Å²) in [4.78, 5) is 0. The first-order chi connectivity index (χ1) is 7.19. The number of aliphatic hydroxyl groups is 2. The summed E-state index contributed by atoms with van der Waals surface area (Å²) in [5, 5.41) is 18.8. The molecule has 0 aromatic heterocycles. The first kappa shape index (κ1) is 12.8. The zero-order chi connectivity index (χ0) is 11.4. The van der Waals surface area contributed by atoms with Gasteiger partial charge in [0.2, 0.25) is 0 Å². The normalized spacial score (nSPS) is 41.8. The topological polar surface area (TPSA) is 77.4 Å². The van der Waals surface area contributed by atoms with Gasteiger partial charge in [0.05, 0.1) is 6.61 Å². The highest BCUT2D eigenvalue weighted by molar-refractivity contribution is 4.90. The average Bonchev–Trinajstić information content (AvgIpc) is 2.28. The van der Waals surface area contributed by atoms with Crippen molar-refractivity contribution in [3.63, 3.8) is 0 Å². The van der Waals surface area contributed by atoms with Crippen molar-refractivity contribution in [3.05, 3.63) is 0 Å². The zero-order valence-electron chi connectivity index (χ0n) is 9.12. The van der Waals surface area contributed by atoms with Crippen LogP contribution in [-0.2, 0) is 18.9 Å². The molecule has 6 nitrogen and oxygen atoms in total. The maximum Gasteiger partial charge on any atom is 0.186 e. The molecule has 0 aromatic carbocycles. The lowest BCUT2D eigenvalue weighted by atomic mass is 9.99. The molecule has 0 aliphatic carbocycles. The Morgan fingerprint density at radius 3 is 2.07 bits per heavy atom. The van der Waals surface area contributed by atoms with Crippen molar-refractivity contribution >= 4 is 0 Å². The minimum atomic E-state index is -0.934. The highest BCUT2D eigenvalue weighted by Crippen LogP contribution is 2.25. The second-order valence-electron chi connectivity index (χ2n) is 3.35. The van der Waals surface area contributed by atoms with Gasteiger partial charge in [-0.2, -0.15) is 0 Å². The summed E-state index contributed by atoms with van der Waals surface area (Å²) < 4.78 is 20.6. The number of ether oxygens (including phenoxy) is 4. The molecule has 1 fully saturated rings. The van der Waals surface area contributed by atoms with E-state index >= 15 is 0 Å². The molecule has 0 spiro atoms. The Morgan fingerprint density at radius 1 is 1.07 bits per heavy atom. The third-order valence-corrected chi connectivity index (χ3v) is 2.58. The van der Waals surface area contributed by atoms with Crippen molar-refractivity contribution in [2.45, 2.75) is 30.7 Å². The van der Waals surface area contributed by atoms with Crippen LogP contribution in [0.5, 0.6) is 0 Å². The molecule has 1 aliphatic heterocycles. The van der Waals surface area contributed by atoms with Gasteiger partial charge in [0.15, 0.2) is 6.29 Å². The third-order valence-electron chi connectivity index (χ3n) is 2.58. The maximum absolute atomic E-state index is 9.80. The summed E-state index contributed by atoms with van der Waals surface area (Å²) in [6.45, 7) is -0.294. The number of aliphatic hydroxyl groups excluding tert-OH is 2. The van der Waals surface area contributed by atoms with Crippen molar-refractivity contribution in [1.29, 1.82) is 0 Å². The van der Waals surface area contributed by atoms with Crippen molar-refractivity contribution in [2.75, 3.05) is 27.9 Å². The van der Waals surface area contributed by atoms with E-state index in [-0.39, 0.29) is 6.61 Å². The molecule has 5 atom stereocenters. The summed E-state index contributed by atoms with van der Waals surface area (Å²) in [6, 6.07) is 0. The number of methoxy groups -OCH3 is 3. The summed E-state index contributed by atoms with van der Waals surface area (Å²) in [6.07, 6.45) is -3.40. The lowest BCUT2D eigenvalue weighted by Crippen LogP contribution is -2.60. The Balaban J connectivity index is 2.78. The average molecular weight is 222 g/mol. The highest BCUT2D eigenvalue weighted by atomic mass is 16.7. The number of rotatable bonds is 4. The molecule has 0 unspecified atom stereocenters. The van der Waals surface area contributed by atoms with Gasteiger partial charge in [0.25, 0.3) is 0 Å². The third kappa shape index (κ3) is 2.47. The van der Waals surface area contributed by atoms with Crippen molar-refractivity contribution in [3.8, 4) is 0 Å². The van der Waals surface area contributed by atoms with E-state index in [1.54, 1.807) is 0 Å². The van der Waals surface area contributed by atoms with Crippen LogP contribution in [0, 0.1) is 0 Å². The van der Waals surface area contributed by atoms with Crippen molar-refractivity contribution in [2.24, 2.45) is 0 Å². The highest BCUT2D eigenvalue weighted by Gasteiger charge is 2.45. The minimum absolute atomic E-state index is 0.294. The molecule has 0 bridgehead atoms.